The number of hydrogen-bond acceptors (Lipinski definition) is 4. The van der Waals surface area contributed by atoms with Crippen molar-refractivity contribution in [1.29, 1.82) is 0 Å². The van der Waals surface area contributed by atoms with Crippen molar-refractivity contribution in [3.05, 3.63) is 54.6 Å². The van der Waals surface area contributed by atoms with Gasteiger partial charge in [-0.1, -0.05) is 50.3 Å². The molecule has 0 radical (unpaired) electrons. The molecular weight excluding hydrogens is 412 g/mol. The Balaban J connectivity index is 1.80. The fourth-order valence-electron chi connectivity index (χ4n) is 3.92. The molecule has 0 spiro atoms. The number of carbonyl (C=O) groups is 1. The lowest BCUT2D eigenvalue weighted by molar-refractivity contribution is -0.120. The molecule has 0 unspecified atom stereocenters. The van der Waals surface area contributed by atoms with Gasteiger partial charge in [-0.25, -0.2) is 8.42 Å². The molecule has 2 aromatic rings. The first-order valence-corrected chi connectivity index (χ1v) is 12.5. The van der Waals surface area contributed by atoms with Crippen LogP contribution in [0.25, 0.3) is 0 Å². The Hall–Kier alpha value is -2.54. The summed E-state index contributed by atoms with van der Waals surface area (Å²) in [6.45, 7) is 2.12. The van der Waals surface area contributed by atoms with E-state index in [9.17, 15) is 13.2 Å². The maximum atomic E-state index is 13.4. The molecule has 2 aromatic carbocycles. The number of ether oxygens (including phenoxy) is 1. The van der Waals surface area contributed by atoms with Crippen LogP contribution in [-0.2, 0) is 14.8 Å². The number of hydrogen-bond donors (Lipinski definition) is 1. The van der Waals surface area contributed by atoms with E-state index in [1.165, 1.54) is 35.7 Å². The fourth-order valence-corrected chi connectivity index (χ4v) is 5.34. The highest BCUT2D eigenvalue weighted by molar-refractivity contribution is 7.92. The molecule has 1 saturated carbocycles. The number of amides is 1. The van der Waals surface area contributed by atoms with Crippen LogP contribution in [0.5, 0.6) is 5.75 Å². The maximum Gasteiger partial charge on any atom is 0.264 e. The van der Waals surface area contributed by atoms with Gasteiger partial charge in [0.2, 0.25) is 5.91 Å². The van der Waals surface area contributed by atoms with Crippen molar-refractivity contribution in [2.24, 2.45) is 0 Å². The average Bonchev–Trinajstić information content (AvgIpc) is 2.75. The fraction of sp³-hybridized carbons (Fsp3) is 0.458. The third-order valence-corrected chi connectivity index (χ3v) is 7.31. The van der Waals surface area contributed by atoms with Gasteiger partial charge < -0.3 is 10.1 Å². The van der Waals surface area contributed by atoms with E-state index < -0.39 is 10.0 Å². The lowest BCUT2D eigenvalue weighted by atomic mass is 9.97. The molecule has 1 aliphatic carbocycles. The summed E-state index contributed by atoms with van der Waals surface area (Å²) < 4.78 is 33.5. The van der Waals surface area contributed by atoms with Gasteiger partial charge in [0.05, 0.1) is 17.2 Å². The van der Waals surface area contributed by atoms with E-state index in [1.54, 1.807) is 36.4 Å². The summed E-state index contributed by atoms with van der Waals surface area (Å²) in [5.74, 6) is 0.332. The average molecular weight is 445 g/mol. The van der Waals surface area contributed by atoms with Gasteiger partial charge in [-0.3, -0.25) is 9.10 Å². The number of carbonyl (C=O) groups excluding carboxylic acids is 1. The number of nitrogens with zero attached hydrogens (tertiary/aromatic N) is 1. The molecule has 0 saturated heterocycles. The number of nitrogens with one attached hydrogen (secondary N) is 1. The smallest absolute Gasteiger partial charge is 0.264 e. The van der Waals surface area contributed by atoms with Gasteiger partial charge >= 0.3 is 0 Å². The van der Waals surface area contributed by atoms with Crippen molar-refractivity contribution >= 4 is 21.6 Å². The Morgan fingerprint density at radius 3 is 2.19 bits per heavy atom. The van der Waals surface area contributed by atoms with E-state index in [0.717, 1.165) is 25.7 Å². The molecular formula is C24H32N2O4S. The predicted octanol–water partition coefficient (Wildman–Crippen LogP) is 4.51. The van der Waals surface area contributed by atoms with E-state index in [1.807, 2.05) is 13.0 Å². The van der Waals surface area contributed by atoms with Crippen LogP contribution in [-0.4, -0.2) is 33.5 Å². The summed E-state index contributed by atoms with van der Waals surface area (Å²) in [4.78, 5) is 13.0. The van der Waals surface area contributed by atoms with Gasteiger partial charge in [-0.05, 0) is 56.2 Å². The van der Waals surface area contributed by atoms with Crippen LogP contribution in [0.4, 0.5) is 5.69 Å². The van der Waals surface area contributed by atoms with E-state index in [4.69, 9.17) is 4.74 Å². The maximum absolute atomic E-state index is 13.4. The van der Waals surface area contributed by atoms with Gasteiger partial charge in [0.1, 0.15) is 12.3 Å². The predicted molar refractivity (Wildman–Crippen MR) is 123 cm³/mol. The normalized spacial score (nSPS) is 15.5. The highest BCUT2D eigenvalue weighted by Gasteiger charge is 2.28. The van der Waals surface area contributed by atoms with Crippen molar-refractivity contribution in [2.75, 3.05) is 17.5 Å². The van der Waals surface area contributed by atoms with Gasteiger partial charge in [0.15, 0.2) is 0 Å². The van der Waals surface area contributed by atoms with Gasteiger partial charge in [-0.2, -0.15) is 0 Å². The van der Waals surface area contributed by atoms with Crippen molar-refractivity contribution in [2.45, 2.75) is 62.8 Å². The van der Waals surface area contributed by atoms with Crippen LogP contribution in [0.15, 0.2) is 59.5 Å². The van der Waals surface area contributed by atoms with Crippen molar-refractivity contribution < 1.29 is 17.9 Å². The Morgan fingerprint density at radius 1 is 0.968 bits per heavy atom. The molecule has 3 rings (SSSR count). The summed E-state index contributed by atoms with van der Waals surface area (Å²) in [6.07, 6.45) is 7.72. The molecule has 1 N–H and O–H groups in total. The lowest BCUT2D eigenvalue weighted by Gasteiger charge is -2.26. The third kappa shape index (κ3) is 6.47. The number of para-hydroxylation sites is 1. The summed E-state index contributed by atoms with van der Waals surface area (Å²) in [5.41, 5.74) is 0.462. The first-order chi connectivity index (χ1) is 15.0. The second-order valence-electron chi connectivity index (χ2n) is 7.86. The quantitative estimate of drug-likeness (QED) is 0.650. The van der Waals surface area contributed by atoms with E-state index in [0.29, 0.717) is 18.0 Å². The van der Waals surface area contributed by atoms with Crippen molar-refractivity contribution in [3.63, 3.8) is 0 Å². The van der Waals surface area contributed by atoms with E-state index in [2.05, 4.69) is 5.32 Å². The Morgan fingerprint density at radius 2 is 1.58 bits per heavy atom. The monoisotopic (exact) mass is 444 g/mol. The molecule has 6 nitrogen and oxygen atoms in total. The highest BCUT2D eigenvalue weighted by atomic mass is 32.2. The number of anilines is 1. The third-order valence-electron chi connectivity index (χ3n) is 5.52. The minimum atomic E-state index is -3.92. The Labute approximate surface area is 185 Å². The molecule has 168 valence electrons. The number of rotatable bonds is 8. The minimum absolute atomic E-state index is 0.110. The lowest BCUT2D eigenvalue weighted by Crippen LogP contribution is -2.44. The van der Waals surface area contributed by atoms with Crippen LogP contribution >= 0.6 is 0 Å². The molecule has 7 heteroatoms. The second-order valence-corrected chi connectivity index (χ2v) is 9.72. The summed E-state index contributed by atoms with van der Waals surface area (Å²) in [7, 11) is -3.92. The van der Waals surface area contributed by atoms with E-state index in [-0.39, 0.29) is 23.4 Å². The zero-order valence-electron chi connectivity index (χ0n) is 18.1. The summed E-state index contributed by atoms with van der Waals surface area (Å²) in [6, 6.07) is 15.2. The first kappa shape index (κ1) is 23.1. The molecule has 1 fully saturated rings. The largest absolute Gasteiger partial charge is 0.494 e. The van der Waals surface area contributed by atoms with Crippen LogP contribution < -0.4 is 14.4 Å². The van der Waals surface area contributed by atoms with Gasteiger partial charge in [0.25, 0.3) is 10.0 Å². The Bertz CT molecular complexity index is 922. The van der Waals surface area contributed by atoms with Crippen molar-refractivity contribution in [1.82, 2.24) is 5.32 Å². The minimum Gasteiger partial charge on any atom is -0.494 e. The topological polar surface area (TPSA) is 75.7 Å². The van der Waals surface area contributed by atoms with Gasteiger partial charge in [-0.15, -0.1) is 0 Å². The first-order valence-electron chi connectivity index (χ1n) is 11.1. The molecule has 0 aliphatic heterocycles. The molecule has 0 bridgehead atoms. The van der Waals surface area contributed by atoms with E-state index >= 15 is 0 Å². The van der Waals surface area contributed by atoms with Crippen LogP contribution in [0.1, 0.15) is 51.9 Å². The summed E-state index contributed by atoms with van der Waals surface area (Å²) in [5, 5.41) is 3.07. The van der Waals surface area contributed by atoms with Crippen LogP contribution in [0, 0.1) is 0 Å². The highest BCUT2D eigenvalue weighted by Crippen LogP contribution is 2.25. The zero-order chi connectivity index (χ0) is 22.1. The molecule has 0 heterocycles. The standard InChI is InChI=1S/C24H32N2O4S/c1-2-30-22-15-17-23(18-16-22)31(28,29)26(21-13-9-6-10-14-21)19-24(27)25-20-11-7-4-3-5-8-12-20/h6,9-10,13-18,20H,2-5,7-8,11-12,19H2,1H3,(H,25,27). The van der Waals surface area contributed by atoms with Crippen LogP contribution in [0.3, 0.4) is 0 Å². The number of sulfonamides is 1. The SMILES string of the molecule is CCOc1ccc(S(=O)(=O)N(CC(=O)NC2CCCCCCC2)c2ccccc2)cc1. The molecule has 0 atom stereocenters. The second kappa shape index (κ2) is 11.2. The molecule has 0 aromatic heterocycles. The van der Waals surface area contributed by atoms with Crippen molar-refractivity contribution in [3.8, 4) is 5.75 Å². The van der Waals surface area contributed by atoms with Crippen LogP contribution in [0.2, 0.25) is 0 Å². The number of benzene rings is 2. The summed E-state index contributed by atoms with van der Waals surface area (Å²) >= 11 is 0. The zero-order valence-corrected chi connectivity index (χ0v) is 18.9. The molecule has 1 amide bonds. The molecule has 1 aliphatic rings. The van der Waals surface area contributed by atoms with Gasteiger partial charge in [0, 0.05) is 6.04 Å². The molecule has 31 heavy (non-hydrogen) atoms. The Kier molecular flexibility index (Phi) is 8.35.